The van der Waals surface area contributed by atoms with Crippen LogP contribution in [-0.2, 0) is 6.42 Å². The van der Waals surface area contributed by atoms with Crippen molar-refractivity contribution < 1.29 is 0 Å². The SMILES string of the molecule is CC(C)(C)C1CCC(C(Br)Cc2ccncc2)CC1. The van der Waals surface area contributed by atoms with E-state index < -0.39 is 0 Å². The van der Waals surface area contributed by atoms with Crippen LogP contribution in [0.4, 0.5) is 0 Å². The first-order valence-corrected chi connectivity index (χ1v) is 8.41. The van der Waals surface area contributed by atoms with Crippen LogP contribution in [0.1, 0.15) is 52.0 Å². The van der Waals surface area contributed by atoms with Crippen LogP contribution in [0, 0.1) is 17.3 Å². The lowest BCUT2D eigenvalue weighted by Gasteiger charge is -2.38. The molecule has 106 valence electrons. The van der Waals surface area contributed by atoms with Crippen molar-refractivity contribution in [3.8, 4) is 0 Å². The zero-order valence-electron chi connectivity index (χ0n) is 12.4. The van der Waals surface area contributed by atoms with Crippen LogP contribution in [0.5, 0.6) is 0 Å². The van der Waals surface area contributed by atoms with E-state index in [-0.39, 0.29) is 0 Å². The van der Waals surface area contributed by atoms with E-state index in [1.54, 1.807) is 0 Å². The molecule has 0 bridgehead atoms. The first-order chi connectivity index (χ1) is 8.97. The van der Waals surface area contributed by atoms with E-state index in [2.05, 4.69) is 53.8 Å². The fourth-order valence-electron chi connectivity index (χ4n) is 3.26. The number of rotatable bonds is 3. The maximum absolute atomic E-state index is 4.09. The van der Waals surface area contributed by atoms with Gasteiger partial charge in [0.2, 0.25) is 0 Å². The summed E-state index contributed by atoms with van der Waals surface area (Å²) in [6, 6.07) is 4.27. The van der Waals surface area contributed by atoms with Crippen molar-refractivity contribution in [1.82, 2.24) is 4.98 Å². The predicted octanol–water partition coefficient (Wildman–Crippen LogP) is 5.24. The third-order valence-electron chi connectivity index (χ3n) is 4.69. The van der Waals surface area contributed by atoms with E-state index >= 15 is 0 Å². The fourth-order valence-corrected chi connectivity index (χ4v) is 4.16. The summed E-state index contributed by atoms with van der Waals surface area (Å²) in [5.41, 5.74) is 1.88. The third kappa shape index (κ3) is 4.30. The lowest BCUT2D eigenvalue weighted by Crippen LogP contribution is -2.29. The summed E-state index contributed by atoms with van der Waals surface area (Å²) in [5.74, 6) is 1.75. The molecule has 2 heteroatoms. The highest BCUT2D eigenvalue weighted by Crippen LogP contribution is 2.42. The van der Waals surface area contributed by atoms with Crippen LogP contribution in [0.3, 0.4) is 0 Å². The van der Waals surface area contributed by atoms with Crippen molar-refractivity contribution in [3.63, 3.8) is 0 Å². The highest BCUT2D eigenvalue weighted by Gasteiger charge is 2.31. The molecule has 0 N–H and O–H groups in total. The Kier molecular flexibility index (Phi) is 5.05. The van der Waals surface area contributed by atoms with Crippen LogP contribution < -0.4 is 0 Å². The summed E-state index contributed by atoms with van der Waals surface area (Å²) < 4.78 is 0. The van der Waals surface area contributed by atoms with Gasteiger partial charge >= 0.3 is 0 Å². The lowest BCUT2D eigenvalue weighted by molar-refractivity contribution is 0.149. The molecule has 1 aromatic rings. The molecule has 1 aliphatic carbocycles. The van der Waals surface area contributed by atoms with E-state index in [9.17, 15) is 0 Å². The number of alkyl halides is 1. The van der Waals surface area contributed by atoms with Crippen molar-refractivity contribution in [3.05, 3.63) is 30.1 Å². The average Bonchev–Trinajstić information content (AvgIpc) is 2.39. The first-order valence-electron chi connectivity index (χ1n) is 7.50. The Hall–Kier alpha value is -0.370. The summed E-state index contributed by atoms with van der Waals surface area (Å²) in [6.07, 6.45) is 10.5. The Labute approximate surface area is 126 Å². The Bertz CT molecular complexity index is 374. The van der Waals surface area contributed by atoms with Crippen molar-refractivity contribution in [2.45, 2.75) is 57.7 Å². The summed E-state index contributed by atoms with van der Waals surface area (Å²) in [5, 5.41) is 0. The molecule has 0 radical (unpaired) electrons. The number of halogens is 1. The first kappa shape index (κ1) is 15.0. The summed E-state index contributed by atoms with van der Waals surface area (Å²) >= 11 is 3.93. The van der Waals surface area contributed by atoms with Gasteiger partial charge in [-0.05, 0) is 67.1 Å². The summed E-state index contributed by atoms with van der Waals surface area (Å²) in [6.45, 7) is 7.17. The number of aromatic nitrogens is 1. The van der Waals surface area contributed by atoms with Gasteiger partial charge in [0.25, 0.3) is 0 Å². The maximum Gasteiger partial charge on any atom is 0.0270 e. The Balaban J connectivity index is 1.84. The Morgan fingerprint density at radius 2 is 1.74 bits per heavy atom. The second kappa shape index (κ2) is 6.39. The molecule has 1 fully saturated rings. The minimum atomic E-state index is 0.484. The minimum Gasteiger partial charge on any atom is -0.265 e. The van der Waals surface area contributed by atoms with Crippen molar-refractivity contribution in [2.24, 2.45) is 17.3 Å². The summed E-state index contributed by atoms with van der Waals surface area (Å²) in [7, 11) is 0. The molecule has 0 aliphatic heterocycles. The number of hydrogen-bond acceptors (Lipinski definition) is 1. The van der Waals surface area contributed by atoms with Crippen LogP contribution in [0.2, 0.25) is 0 Å². The Morgan fingerprint density at radius 1 is 1.16 bits per heavy atom. The van der Waals surface area contributed by atoms with Gasteiger partial charge in [0.15, 0.2) is 0 Å². The van der Waals surface area contributed by atoms with E-state index in [1.165, 1.54) is 31.2 Å². The monoisotopic (exact) mass is 323 g/mol. The van der Waals surface area contributed by atoms with Crippen LogP contribution >= 0.6 is 15.9 Å². The van der Waals surface area contributed by atoms with E-state index in [4.69, 9.17) is 0 Å². The Morgan fingerprint density at radius 3 is 2.26 bits per heavy atom. The van der Waals surface area contributed by atoms with Gasteiger partial charge in [-0.2, -0.15) is 0 Å². The average molecular weight is 324 g/mol. The van der Waals surface area contributed by atoms with Gasteiger partial charge < -0.3 is 0 Å². The third-order valence-corrected chi connectivity index (χ3v) is 5.76. The normalized spacial score (nSPS) is 26.1. The lowest BCUT2D eigenvalue weighted by atomic mass is 9.69. The standard InChI is InChI=1S/C17H26BrN/c1-17(2,3)15-6-4-14(5-7-15)16(18)12-13-8-10-19-11-9-13/h8-11,14-16H,4-7,12H2,1-3H3. The van der Waals surface area contributed by atoms with Crippen LogP contribution in [-0.4, -0.2) is 9.81 Å². The highest BCUT2D eigenvalue weighted by atomic mass is 79.9. The molecule has 0 aromatic carbocycles. The van der Waals surface area contributed by atoms with E-state index in [0.717, 1.165) is 18.3 Å². The molecule has 1 unspecified atom stereocenters. The van der Waals surface area contributed by atoms with Crippen molar-refractivity contribution in [1.29, 1.82) is 0 Å². The molecule has 1 aliphatic rings. The topological polar surface area (TPSA) is 12.9 Å². The predicted molar refractivity (Wildman–Crippen MR) is 85.6 cm³/mol. The quantitative estimate of drug-likeness (QED) is 0.693. The summed E-state index contributed by atoms with van der Waals surface area (Å²) in [4.78, 5) is 4.71. The smallest absolute Gasteiger partial charge is 0.0270 e. The van der Waals surface area contributed by atoms with E-state index in [1.807, 2.05) is 12.4 Å². The molecule has 1 saturated carbocycles. The molecule has 1 nitrogen and oxygen atoms in total. The van der Waals surface area contributed by atoms with Gasteiger partial charge in [-0.25, -0.2) is 0 Å². The molecule has 1 heterocycles. The molecule has 0 amide bonds. The van der Waals surface area contributed by atoms with Gasteiger partial charge in [0.05, 0.1) is 0 Å². The van der Waals surface area contributed by atoms with Crippen LogP contribution in [0.25, 0.3) is 0 Å². The molecule has 1 aromatic heterocycles. The number of nitrogens with zero attached hydrogens (tertiary/aromatic N) is 1. The molecule has 19 heavy (non-hydrogen) atoms. The minimum absolute atomic E-state index is 0.484. The van der Waals surface area contributed by atoms with Crippen molar-refractivity contribution in [2.75, 3.05) is 0 Å². The van der Waals surface area contributed by atoms with Crippen molar-refractivity contribution >= 4 is 15.9 Å². The maximum atomic E-state index is 4.09. The molecular formula is C17H26BrN. The molecule has 2 rings (SSSR count). The van der Waals surface area contributed by atoms with Gasteiger partial charge in [-0.1, -0.05) is 36.7 Å². The highest BCUT2D eigenvalue weighted by molar-refractivity contribution is 9.09. The zero-order valence-corrected chi connectivity index (χ0v) is 14.0. The zero-order chi connectivity index (χ0) is 13.9. The van der Waals surface area contributed by atoms with Gasteiger partial charge in [-0.15, -0.1) is 0 Å². The van der Waals surface area contributed by atoms with Crippen LogP contribution in [0.15, 0.2) is 24.5 Å². The fraction of sp³-hybridized carbons (Fsp3) is 0.706. The number of hydrogen-bond donors (Lipinski definition) is 0. The van der Waals surface area contributed by atoms with Gasteiger partial charge in [0.1, 0.15) is 0 Å². The second-order valence-corrected chi connectivity index (χ2v) is 8.23. The molecule has 0 saturated heterocycles. The molecule has 1 atom stereocenters. The van der Waals surface area contributed by atoms with Gasteiger partial charge in [-0.3, -0.25) is 4.98 Å². The van der Waals surface area contributed by atoms with E-state index in [0.29, 0.717) is 10.2 Å². The molecule has 0 spiro atoms. The second-order valence-electron chi connectivity index (χ2n) is 7.05. The number of pyridine rings is 1. The largest absolute Gasteiger partial charge is 0.265 e. The molecular weight excluding hydrogens is 298 g/mol. The van der Waals surface area contributed by atoms with Gasteiger partial charge in [0, 0.05) is 17.2 Å².